The Morgan fingerprint density at radius 3 is 2.85 bits per heavy atom. The third-order valence-corrected chi connectivity index (χ3v) is 4.63. The predicted octanol–water partition coefficient (Wildman–Crippen LogP) is 2.14. The Morgan fingerprint density at radius 2 is 2.25 bits per heavy atom. The van der Waals surface area contributed by atoms with Crippen LogP contribution in [0.3, 0.4) is 0 Å². The van der Waals surface area contributed by atoms with E-state index in [0.29, 0.717) is 30.1 Å². The molecule has 1 atom stereocenters. The van der Waals surface area contributed by atoms with E-state index in [2.05, 4.69) is 11.1 Å². The number of rotatable bonds is 3. The minimum absolute atomic E-state index is 0.0110. The quantitative estimate of drug-likeness (QED) is 0.925. The first-order valence-electron chi connectivity index (χ1n) is 6.47. The minimum Gasteiger partial charge on any atom is -0.344 e. The SMILES string of the molecule is CC(=O)SCC1CC(=O)N(c2[nH]c(C)c(C)c2C#N)C1. The molecular formula is C14H17N3O2S. The highest BCUT2D eigenvalue weighted by atomic mass is 32.2. The van der Waals surface area contributed by atoms with Crippen molar-refractivity contribution in [3.8, 4) is 6.07 Å². The molecule has 1 amide bonds. The summed E-state index contributed by atoms with van der Waals surface area (Å²) in [6.07, 6.45) is 0.433. The number of H-pyrrole nitrogens is 1. The lowest BCUT2D eigenvalue weighted by Gasteiger charge is -2.15. The molecule has 1 aliphatic heterocycles. The lowest BCUT2D eigenvalue weighted by atomic mass is 10.1. The molecule has 20 heavy (non-hydrogen) atoms. The monoisotopic (exact) mass is 291 g/mol. The Labute approximate surface area is 122 Å². The topological polar surface area (TPSA) is 77.0 Å². The molecule has 1 saturated heterocycles. The van der Waals surface area contributed by atoms with Gasteiger partial charge in [0.1, 0.15) is 11.9 Å². The van der Waals surface area contributed by atoms with Crippen LogP contribution in [0.15, 0.2) is 0 Å². The molecule has 1 aromatic heterocycles. The molecule has 0 bridgehead atoms. The van der Waals surface area contributed by atoms with Gasteiger partial charge in [-0.2, -0.15) is 5.26 Å². The van der Waals surface area contributed by atoms with Crippen LogP contribution in [0.2, 0.25) is 0 Å². The molecule has 6 heteroatoms. The van der Waals surface area contributed by atoms with Crippen LogP contribution in [0.4, 0.5) is 5.82 Å². The number of aromatic amines is 1. The normalized spacial score (nSPS) is 18.4. The van der Waals surface area contributed by atoms with Crippen molar-refractivity contribution in [2.24, 2.45) is 5.92 Å². The average Bonchev–Trinajstić information content (AvgIpc) is 2.88. The Bertz CT molecular complexity index is 600. The largest absolute Gasteiger partial charge is 0.344 e. The average molecular weight is 291 g/mol. The molecule has 2 heterocycles. The van der Waals surface area contributed by atoms with Crippen LogP contribution < -0.4 is 4.90 Å². The second-order valence-corrected chi connectivity index (χ2v) is 6.28. The highest BCUT2D eigenvalue weighted by Crippen LogP contribution is 2.31. The number of hydrogen-bond donors (Lipinski definition) is 1. The smallest absolute Gasteiger partial charge is 0.228 e. The molecule has 1 fully saturated rings. The van der Waals surface area contributed by atoms with Crippen LogP contribution in [0.5, 0.6) is 0 Å². The molecule has 0 aliphatic carbocycles. The van der Waals surface area contributed by atoms with E-state index in [9.17, 15) is 14.9 Å². The number of amides is 1. The molecule has 106 valence electrons. The molecule has 1 aromatic rings. The lowest BCUT2D eigenvalue weighted by Crippen LogP contribution is -2.26. The molecule has 0 saturated carbocycles. The molecule has 5 nitrogen and oxygen atoms in total. The van der Waals surface area contributed by atoms with Crippen LogP contribution in [0.25, 0.3) is 0 Å². The van der Waals surface area contributed by atoms with Crippen molar-refractivity contribution in [2.45, 2.75) is 27.2 Å². The number of nitrogens with zero attached hydrogens (tertiary/aromatic N) is 2. The Morgan fingerprint density at radius 1 is 1.55 bits per heavy atom. The maximum Gasteiger partial charge on any atom is 0.228 e. The van der Waals surface area contributed by atoms with Crippen molar-refractivity contribution < 1.29 is 9.59 Å². The third-order valence-electron chi connectivity index (χ3n) is 3.59. The van der Waals surface area contributed by atoms with Gasteiger partial charge in [-0.1, -0.05) is 11.8 Å². The summed E-state index contributed by atoms with van der Waals surface area (Å²) in [7, 11) is 0. The van der Waals surface area contributed by atoms with Crippen LogP contribution in [0.1, 0.15) is 30.2 Å². The van der Waals surface area contributed by atoms with Gasteiger partial charge in [-0.15, -0.1) is 0 Å². The minimum atomic E-state index is 0.0110. The van der Waals surface area contributed by atoms with Gasteiger partial charge in [0.05, 0.1) is 5.56 Å². The fourth-order valence-corrected chi connectivity index (χ4v) is 3.08. The van der Waals surface area contributed by atoms with Crippen LogP contribution in [0, 0.1) is 31.1 Å². The maximum absolute atomic E-state index is 12.1. The summed E-state index contributed by atoms with van der Waals surface area (Å²) in [5.74, 6) is 1.42. The fraction of sp³-hybridized carbons (Fsp3) is 0.500. The van der Waals surface area contributed by atoms with Gasteiger partial charge in [0.15, 0.2) is 5.12 Å². The molecule has 1 unspecified atom stereocenters. The predicted molar refractivity (Wildman–Crippen MR) is 78.6 cm³/mol. The highest BCUT2D eigenvalue weighted by molar-refractivity contribution is 8.13. The van der Waals surface area contributed by atoms with Crippen LogP contribution >= 0.6 is 11.8 Å². The van der Waals surface area contributed by atoms with Gasteiger partial charge in [0, 0.05) is 31.3 Å². The number of nitriles is 1. The summed E-state index contributed by atoms with van der Waals surface area (Å²) >= 11 is 1.25. The highest BCUT2D eigenvalue weighted by Gasteiger charge is 2.33. The Balaban J connectivity index is 2.18. The maximum atomic E-state index is 12.1. The summed E-state index contributed by atoms with van der Waals surface area (Å²) in [6, 6.07) is 2.16. The standard InChI is InChI=1S/C14H17N3O2S/c1-8-9(2)16-14(12(8)5-15)17-6-11(4-13(17)19)7-20-10(3)18/h11,16H,4,6-7H2,1-3H3. The van der Waals surface area contributed by atoms with E-state index in [1.807, 2.05) is 13.8 Å². The van der Waals surface area contributed by atoms with Crippen LogP contribution in [-0.2, 0) is 9.59 Å². The summed E-state index contributed by atoms with van der Waals surface area (Å²) in [5.41, 5.74) is 2.33. The number of aryl methyl sites for hydroxylation is 1. The van der Waals surface area contributed by atoms with Gasteiger partial charge in [-0.3, -0.25) is 14.5 Å². The first-order chi connectivity index (χ1) is 9.43. The Hall–Kier alpha value is -1.74. The molecule has 2 rings (SSSR count). The van der Waals surface area contributed by atoms with Crippen molar-refractivity contribution in [3.05, 3.63) is 16.8 Å². The van der Waals surface area contributed by atoms with Gasteiger partial charge < -0.3 is 4.98 Å². The van der Waals surface area contributed by atoms with E-state index in [1.165, 1.54) is 18.7 Å². The van der Waals surface area contributed by atoms with Crippen molar-refractivity contribution in [1.29, 1.82) is 5.26 Å². The molecule has 1 aliphatic rings. The number of aromatic nitrogens is 1. The van der Waals surface area contributed by atoms with Crippen molar-refractivity contribution in [3.63, 3.8) is 0 Å². The number of carbonyl (C=O) groups excluding carboxylic acids is 2. The molecular weight excluding hydrogens is 274 g/mol. The number of nitrogens with one attached hydrogen (secondary N) is 1. The number of anilines is 1. The van der Waals surface area contributed by atoms with E-state index in [0.717, 1.165) is 11.3 Å². The van der Waals surface area contributed by atoms with Crippen LogP contribution in [-0.4, -0.2) is 28.3 Å². The van der Waals surface area contributed by atoms with Gasteiger partial charge in [0.25, 0.3) is 0 Å². The van der Waals surface area contributed by atoms with Crippen molar-refractivity contribution in [1.82, 2.24) is 4.98 Å². The second kappa shape index (κ2) is 5.71. The third kappa shape index (κ3) is 2.73. The van der Waals surface area contributed by atoms with E-state index >= 15 is 0 Å². The Kier molecular flexibility index (Phi) is 4.19. The van der Waals surface area contributed by atoms with Gasteiger partial charge in [0.2, 0.25) is 5.91 Å². The van der Waals surface area contributed by atoms with Gasteiger partial charge in [-0.05, 0) is 25.3 Å². The van der Waals surface area contributed by atoms with E-state index in [4.69, 9.17) is 0 Å². The number of thioether (sulfide) groups is 1. The summed E-state index contributed by atoms with van der Waals surface area (Å²) in [5, 5.41) is 9.31. The zero-order valence-corrected chi connectivity index (χ0v) is 12.6. The molecule has 0 spiro atoms. The zero-order valence-electron chi connectivity index (χ0n) is 11.8. The van der Waals surface area contributed by atoms with Crippen molar-refractivity contribution >= 4 is 28.6 Å². The summed E-state index contributed by atoms with van der Waals surface area (Å²) in [6.45, 7) is 5.86. The lowest BCUT2D eigenvalue weighted by molar-refractivity contribution is -0.117. The van der Waals surface area contributed by atoms with Crippen molar-refractivity contribution in [2.75, 3.05) is 17.2 Å². The first kappa shape index (κ1) is 14.7. The zero-order chi connectivity index (χ0) is 14.9. The van der Waals surface area contributed by atoms with Gasteiger partial charge in [-0.25, -0.2) is 0 Å². The second-order valence-electron chi connectivity index (χ2n) is 5.09. The summed E-state index contributed by atoms with van der Waals surface area (Å²) in [4.78, 5) is 27.9. The molecule has 0 radical (unpaired) electrons. The number of hydrogen-bond acceptors (Lipinski definition) is 4. The summed E-state index contributed by atoms with van der Waals surface area (Å²) < 4.78 is 0. The number of carbonyl (C=O) groups is 2. The van der Waals surface area contributed by atoms with E-state index in [-0.39, 0.29) is 16.9 Å². The fourth-order valence-electron chi connectivity index (χ4n) is 2.38. The van der Waals surface area contributed by atoms with E-state index in [1.54, 1.807) is 4.90 Å². The molecule has 0 aromatic carbocycles. The molecule has 1 N–H and O–H groups in total. The van der Waals surface area contributed by atoms with E-state index < -0.39 is 0 Å². The first-order valence-corrected chi connectivity index (χ1v) is 7.45. The van der Waals surface area contributed by atoms with Gasteiger partial charge >= 0.3 is 0 Å².